The molecule has 8 rings (SSSR count). The van der Waals surface area contributed by atoms with Crippen molar-refractivity contribution in [3.63, 3.8) is 0 Å². The maximum absolute atomic E-state index is 15.5. The quantitative estimate of drug-likeness (QED) is 0.0391. The first-order valence-electron chi connectivity index (χ1n) is 43.3. The van der Waals surface area contributed by atoms with E-state index in [-0.39, 0.29) is 87.4 Å². The molecular formula is C94H120N16O19S. The summed E-state index contributed by atoms with van der Waals surface area (Å²) in [4.78, 5) is 244. The molecular weight excluding hydrogens is 1690 g/mol. The van der Waals surface area contributed by atoms with Crippen LogP contribution < -0.4 is 53.6 Å². The second-order valence-corrected chi connectivity index (χ2v) is 34.1. The van der Waals surface area contributed by atoms with Gasteiger partial charge in [0.1, 0.15) is 78.0 Å². The summed E-state index contributed by atoms with van der Waals surface area (Å²) in [5.74, 6) is -16.5. The lowest BCUT2D eigenvalue weighted by atomic mass is 9.99. The molecule has 1 aromatic heterocycles. The first kappa shape index (κ1) is 102. The fraction of sp³-hybridized carbons (Fsp3) is 0.426. The number of hydrogen-bond donors (Lipinski definition) is 14. The largest absolute Gasteiger partial charge is 0.508 e. The van der Waals surface area contributed by atoms with Crippen LogP contribution in [0.3, 0.4) is 0 Å². The average molecular weight is 1810 g/mol. The molecule has 7 aromatic rings. The van der Waals surface area contributed by atoms with E-state index < -0.39 is 193 Å². The van der Waals surface area contributed by atoms with Gasteiger partial charge in [0, 0.05) is 96.6 Å². The van der Waals surface area contributed by atoms with E-state index in [1.165, 1.54) is 93.6 Å². The van der Waals surface area contributed by atoms with Gasteiger partial charge in [0.2, 0.25) is 88.6 Å². The predicted molar refractivity (Wildman–Crippen MR) is 487 cm³/mol. The number of nitrogens with two attached hydrogens (primary N) is 1. The third-order valence-electron chi connectivity index (χ3n) is 22.3. The predicted octanol–water partition coefficient (Wildman–Crippen LogP) is 2.86. The van der Waals surface area contributed by atoms with Gasteiger partial charge in [-0.2, -0.15) is 0 Å². The van der Waals surface area contributed by atoms with Crippen LogP contribution in [-0.2, 0) is 115 Å². The topological polar surface area (TPSA) is 500 Å². The molecule has 2 heterocycles. The fourth-order valence-electron chi connectivity index (χ4n) is 15.1. The lowest BCUT2D eigenvalue weighted by Gasteiger charge is -2.37. The number of aliphatic carboxylic acids is 1. The number of phenols is 2. The number of fused-ring (bicyclic) bond motifs is 1. The van der Waals surface area contributed by atoms with Gasteiger partial charge in [0.15, 0.2) is 0 Å². The van der Waals surface area contributed by atoms with E-state index in [2.05, 4.69) is 52.8 Å². The number of H-pyrrole nitrogens is 1. The normalized spacial score (nSPS) is 21.8. The van der Waals surface area contributed by atoms with Gasteiger partial charge in [-0.3, -0.25) is 76.7 Å². The maximum Gasteiger partial charge on any atom is 0.305 e. The number of aromatic nitrogens is 1. The number of nitrogens with one attached hydrogen (secondary N) is 10. The molecule has 130 heavy (non-hydrogen) atoms. The summed E-state index contributed by atoms with van der Waals surface area (Å²) in [5.41, 5.74) is 9.14. The summed E-state index contributed by atoms with van der Waals surface area (Å²) in [6.07, 6.45) is 0.803. The number of carboxylic acid groups (broad SMARTS) is 1. The van der Waals surface area contributed by atoms with Crippen molar-refractivity contribution < 1.29 is 92.0 Å². The number of nitrogens with zero attached hydrogens (tertiary/aromatic N) is 5. The van der Waals surface area contributed by atoms with Crippen molar-refractivity contribution in [1.82, 2.24) is 77.3 Å². The Kier molecular flexibility index (Phi) is 39.3. The SMILES string of the molecule is CCCC[C@@H]1NC(=O)[C@H](CC(=O)O)NC(=O)CN(C)C(=O)[C@H](CCCC)N(C)C(=O)[C@H](Cc2ccccc2)N(C)C(=O)[C@H](Cc2ccccc2)NC(=O)CSC[C@@H](C(=O)NCC(N)=O)NC(=O)[C@H](CC(C)C)NC(=O)[C@H](Cc2ccc(O)cc2)NC(=O)[C@H](Cc2c[nH]c3ccccc23)NC(=O)CN(C)C(=O)[C@H](Cc2ccc(O)cc2)NC(=O)C(Cc2ccccc2)N(C)C1=O. The van der Waals surface area contributed by atoms with Crippen molar-refractivity contribution in [3.8, 4) is 11.5 Å². The highest BCUT2D eigenvalue weighted by Crippen LogP contribution is 2.25. The van der Waals surface area contributed by atoms with Crippen LogP contribution in [0.2, 0.25) is 0 Å². The van der Waals surface area contributed by atoms with Gasteiger partial charge < -0.3 is 98.4 Å². The molecule has 0 aliphatic carbocycles. The second-order valence-electron chi connectivity index (χ2n) is 33.0. The molecule has 0 saturated carbocycles. The smallest absolute Gasteiger partial charge is 0.305 e. The number of hydrogen-bond acceptors (Lipinski definition) is 19. The van der Waals surface area contributed by atoms with Crippen molar-refractivity contribution in [1.29, 1.82) is 0 Å². The number of likely N-dealkylation sites (N-methyl/N-ethyl adjacent to an activating group) is 5. The van der Waals surface area contributed by atoms with Crippen LogP contribution in [0.25, 0.3) is 10.9 Å². The summed E-state index contributed by atoms with van der Waals surface area (Å²) in [6, 6.07) is 27.4. The highest BCUT2D eigenvalue weighted by atomic mass is 32.2. The number of para-hydroxylation sites is 1. The number of carbonyl (C=O) groups is 16. The first-order chi connectivity index (χ1) is 62.0. The molecule has 0 bridgehead atoms. The molecule has 15 amide bonds. The number of thioether (sulfide) groups is 1. The van der Waals surface area contributed by atoms with Gasteiger partial charge in [0.25, 0.3) is 0 Å². The highest BCUT2D eigenvalue weighted by molar-refractivity contribution is 8.00. The standard InChI is InChI=1S/C94H120N16O19S/c1-10-12-32-68-91(126)109(8)77(47-59-27-19-15-20-28-59)89(124)104-73(46-62-37-41-65(112)42-38-62)90(125)106(5)53-80(114)98-71(49-63-51-96-67-33-24-23-31-66(63)67)87(122)103-70(44-61-35-39-64(111)40-36-61)86(121)102-69(43-57(3)4)85(120)105-75(84(119)97-52-79(95)113)55-130-56-82(116)100-74(45-58-25-17-14-18-26-58)92(127)110(9)78(48-60-29-21-16-22-30-60)94(129)108(7)76(34-13-11-2)93(128)107(6)54-81(115)99-72(50-83(117)118)88(123)101-68/h14-31,33,35-42,51,57,68-78,96,111-112H,10-13,32,34,43-50,52-56H2,1-9H3,(H2,95,113)(H,97,119)(H,98,114)(H,99,115)(H,100,116)(H,101,123)(H,102,121)(H,103,122)(H,104,124)(H,105,120)(H,117,118)/t68-,69-,70-,71-,72-,73-,74-,75-,76-,77?,78-/m0/s1. The number of unbranched alkanes of at least 4 members (excludes halogenated alkanes) is 2. The second kappa shape index (κ2) is 50.2. The number of phenolic OH excluding ortho intramolecular Hbond substituents is 2. The van der Waals surface area contributed by atoms with Crippen molar-refractivity contribution in [2.24, 2.45) is 11.7 Å². The molecule has 1 saturated heterocycles. The Balaban J connectivity index is 1.22. The van der Waals surface area contributed by atoms with Crippen LogP contribution in [-0.4, -0.2) is 272 Å². The van der Waals surface area contributed by atoms with Gasteiger partial charge in [-0.05, 0) is 88.9 Å². The van der Waals surface area contributed by atoms with Crippen LogP contribution >= 0.6 is 11.8 Å². The van der Waals surface area contributed by atoms with E-state index >= 15 is 38.4 Å². The third kappa shape index (κ3) is 31.1. The number of carboxylic acids is 1. The molecule has 6 aromatic carbocycles. The number of rotatable bonds is 25. The summed E-state index contributed by atoms with van der Waals surface area (Å²) >= 11 is 0.830. The van der Waals surface area contributed by atoms with Gasteiger partial charge in [0.05, 0.1) is 31.8 Å². The minimum Gasteiger partial charge on any atom is -0.508 e. The van der Waals surface area contributed by atoms with Crippen LogP contribution in [0.1, 0.15) is 112 Å². The summed E-state index contributed by atoms with van der Waals surface area (Å²) in [5, 5.41) is 55.7. The van der Waals surface area contributed by atoms with Crippen LogP contribution in [0.4, 0.5) is 0 Å². The Hall–Kier alpha value is -13.7. The van der Waals surface area contributed by atoms with Gasteiger partial charge >= 0.3 is 5.97 Å². The minimum atomic E-state index is -1.89. The van der Waals surface area contributed by atoms with Gasteiger partial charge in [-0.1, -0.05) is 187 Å². The number of aromatic amines is 1. The van der Waals surface area contributed by atoms with Crippen molar-refractivity contribution in [2.75, 3.05) is 66.4 Å². The summed E-state index contributed by atoms with van der Waals surface area (Å²) in [6.45, 7) is 4.87. The lowest BCUT2D eigenvalue weighted by Crippen LogP contribution is -2.60. The molecule has 1 fully saturated rings. The third-order valence-corrected chi connectivity index (χ3v) is 23.3. The van der Waals surface area contributed by atoms with Crippen molar-refractivity contribution in [3.05, 3.63) is 203 Å². The van der Waals surface area contributed by atoms with Crippen molar-refractivity contribution >= 4 is 117 Å². The Morgan fingerprint density at radius 1 is 0.438 bits per heavy atom. The van der Waals surface area contributed by atoms with E-state index in [9.17, 15) is 53.7 Å². The van der Waals surface area contributed by atoms with E-state index in [1.54, 1.807) is 135 Å². The van der Waals surface area contributed by atoms with Gasteiger partial charge in [-0.15, -0.1) is 11.8 Å². The molecule has 1 aliphatic rings. The molecule has 1 unspecified atom stereocenters. The molecule has 0 radical (unpaired) electrons. The molecule has 11 atom stereocenters. The van der Waals surface area contributed by atoms with Crippen molar-refractivity contribution in [2.45, 2.75) is 184 Å². The van der Waals surface area contributed by atoms with E-state index in [0.29, 0.717) is 63.5 Å². The highest BCUT2D eigenvalue weighted by Gasteiger charge is 2.42. The van der Waals surface area contributed by atoms with Crippen LogP contribution in [0, 0.1) is 5.92 Å². The number of primary amides is 1. The first-order valence-corrected chi connectivity index (χ1v) is 44.4. The number of amides is 15. The van der Waals surface area contributed by atoms with E-state index in [0.717, 1.165) is 26.5 Å². The monoisotopic (exact) mass is 1810 g/mol. The summed E-state index contributed by atoms with van der Waals surface area (Å²) in [7, 11) is 6.57. The molecule has 696 valence electrons. The van der Waals surface area contributed by atoms with E-state index in [4.69, 9.17) is 5.73 Å². The Bertz CT molecular complexity index is 5070. The van der Waals surface area contributed by atoms with Crippen LogP contribution in [0.15, 0.2) is 170 Å². The molecule has 35 nitrogen and oxygen atoms in total. The molecule has 15 N–H and O–H groups in total. The Morgan fingerprint density at radius 2 is 0.862 bits per heavy atom. The Labute approximate surface area is 759 Å². The maximum atomic E-state index is 15.5. The number of carbonyl (C=O) groups excluding carboxylic acids is 15. The zero-order valence-electron chi connectivity index (χ0n) is 74.6. The van der Waals surface area contributed by atoms with E-state index in [1.807, 2.05) is 13.8 Å². The average Bonchev–Trinajstić information content (AvgIpc) is 1.28. The Morgan fingerprint density at radius 3 is 1.41 bits per heavy atom. The number of benzene rings is 6. The fourth-order valence-corrected chi connectivity index (χ4v) is 16.0. The lowest BCUT2D eigenvalue weighted by molar-refractivity contribution is -0.151. The van der Waals surface area contributed by atoms with Gasteiger partial charge in [-0.25, -0.2) is 0 Å². The molecule has 0 spiro atoms. The molecule has 36 heteroatoms. The summed E-state index contributed by atoms with van der Waals surface area (Å²) < 4.78 is 0. The number of aromatic hydroxyl groups is 2. The molecule has 1 aliphatic heterocycles. The zero-order valence-corrected chi connectivity index (χ0v) is 75.4. The van der Waals surface area contributed by atoms with Crippen LogP contribution in [0.5, 0.6) is 11.5 Å². The zero-order chi connectivity index (χ0) is 94.8. The minimum absolute atomic E-state index is 0.0324.